The van der Waals surface area contributed by atoms with Gasteiger partial charge in [-0.1, -0.05) is 35.3 Å². The third kappa shape index (κ3) is 4.35. The van der Waals surface area contributed by atoms with Crippen molar-refractivity contribution in [3.05, 3.63) is 93.0 Å². The summed E-state index contributed by atoms with van der Waals surface area (Å²) in [7, 11) is 0. The van der Waals surface area contributed by atoms with Gasteiger partial charge in [0.1, 0.15) is 6.07 Å². The predicted octanol–water partition coefficient (Wildman–Crippen LogP) is 4.46. The Morgan fingerprint density at radius 1 is 0.971 bits per heavy atom. The minimum Gasteiger partial charge on any atom is -0.452 e. The third-order valence-corrected chi connectivity index (χ3v) is 5.48. The van der Waals surface area contributed by atoms with Crippen molar-refractivity contribution in [3.8, 4) is 6.07 Å². The molecule has 0 saturated carbocycles. The van der Waals surface area contributed by atoms with Crippen molar-refractivity contribution in [2.24, 2.45) is 0 Å². The van der Waals surface area contributed by atoms with Crippen LogP contribution >= 0.6 is 23.2 Å². The second-order valence-corrected chi connectivity index (χ2v) is 7.93. The Balaban J connectivity index is 1.47. The number of halogens is 2. The largest absolute Gasteiger partial charge is 0.452 e. The predicted molar refractivity (Wildman–Crippen MR) is 124 cm³/mol. The summed E-state index contributed by atoms with van der Waals surface area (Å²) in [6.45, 7) is -0.647. The molecule has 0 saturated heterocycles. The highest BCUT2D eigenvalue weighted by Crippen LogP contribution is 2.33. The summed E-state index contributed by atoms with van der Waals surface area (Å²) in [6, 6.07) is 16.6. The topological polar surface area (TPSA) is 117 Å². The Kier molecular flexibility index (Phi) is 6.32. The first kappa shape index (κ1) is 23.0. The number of anilines is 2. The van der Waals surface area contributed by atoms with Gasteiger partial charge in [-0.15, -0.1) is 0 Å². The number of nitrogens with zero attached hydrogens (tertiary/aromatic N) is 2. The number of carbonyl (C=O) groups is 4. The summed E-state index contributed by atoms with van der Waals surface area (Å²) >= 11 is 12.0. The van der Waals surface area contributed by atoms with Gasteiger partial charge in [0.2, 0.25) is 0 Å². The lowest BCUT2D eigenvalue weighted by Crippen LogP contribution is -2.29. The number of imide groups is 1. The van der Waals surface area contributed by atoms with Crippen LogP contribution in [-0.4, -0.2) is 30.3 Å². The van der Waals surface area contributed by atoms with Gasteiger partial charge in [-0.05, 0) is 48.5 Å². The van der Waals surface area contributed by atoms with Gasteiger partial charge in [0, 0.05) is 5.02 Å². The van der Waals surface area contributed by atoms with Crippen molar-refractivity contribution in [2.75, 3.05) is 16.8 Å². The van der Waals surface area contributed by atoms with Crippen molar-refractivity contribution in [3.63, 3.8) is 0 Å². The van der Waals surface area contributed by atoms with E-state index in [2.05, 4.69) is 5.32 Å². The van der Waals surface area contributed by atoms with Crippen LogP contribution in [0.25, 0.3) is 0 Å². The van der Waals surface area contributed by atoms with Gasteiger partial charge in [-0.2, -0.15) is 5.26 Å². The van der Waals surface area contributed by atoms with E-state index in [1.54, 1.807) is 18.2 Å². The van der Waals surface area contributed by atoms with Crippen LogP contribution in [0, 0.1) is 11.3 Å². The van der Waals surface area contributed by atoms with Crippen LogP contribution in [0.1, 0.15) is 36.6 Å². The number of ether oxygens (including phenoxy) is 1. The Morgan fingerprint density at radius 3 is 2.44 bits per heavy atom. The van der Waals surface area contributed by atoms with E-state index in [9.17, 15) is 19.2 Å². The molecule has 1 aliphatic heterocycles. The van der Waals surface area contributed by atoms with Crippen LogP contribution < -0.4 is 10.2 Å². The molecule has 1 aliphatic rings. The highest BCUT2D eigenvalue weighted by molar-refractivity contribution is 6.40. The van der Waals surface area contributed by atoms with Gasteiger partial charge < -0.3 is 10.1 Å². The number of hydrogen-bond acceptors (Lipinski definition) is 6. The van der Waals surface area contributed by atoms with E-state index in [0.717, 1.165) is 4.90 Å². The monoisotopic (exact) mass is 493 g/mol. The van der Waals surface area contributed by atoms with Gasteiger partial charge in [-0.3, -0.25) is 14.4 Å². The molecule has 8 nitrogen and oxygen atoms in total. The van der Waals surface area contributed by atoms with Crippen LogP contribution in [-0.2, 0) is 9.53 Å². The summed E-state index contributed by atoms with van der Waals surface area (Å²) < 4.78 is 5.02. The van der Waals surface area contributed by atoms with Gasteiger partial charge in [0.05, 0.1) is 38.7 Å². The van der Waals surface area contributed by atoms with Crippen LogP contribution in [0.5, 0.6) is 0 Å². The number of carbonyl (C=O) groups excluding carboxylic acids is 4. The number of hydrogen-bond donors (Lipinski definition) is 1. The Labute approximate surface area is 203 Å². The van der Waals surface area contributed by atoms with E-state index in [1.165, 1.54) is 42.5 Å². The highest BCUT2D eigenvalue weighted by atomic mass is 35.5. The van der Waals surface area contributed by atoms with Crippen molar-refractivity contribution in [2.45, 2.75) is 0 Å². The fourth-order valence-electron chi connectivity index (χ4n) is 3.34. The SMILES string of the molecule is N#Cc1ccc(Cl)cc1NC(=O)COC(=O)c1ccc2c(c1)C(=O)N(c1ccccc1Cl)C2=O. The fraction of sp³-hybridized carbons (Fsp3) is 0.0417. The maximum atomic E-state index is 12.9. The summed E-state index contributed by atoms with van der Waals surface area (Å²) in [4.78, 5) is 51.2. The number of amides is 3. The molecule has 1 heterocycles. The highest BCUT2D eigenvalue weighted by Gasteiger charge is 2.38. The smallest absolute Gasteiger partial charge is 0.338 e. The molecule has 1 N–H and O–H groups in total. The van der Waals surface area contributed by atoms with E-state index in [-0.39, 0.29) is 38.7 Å². The second kappa shape index (κ2) is 9.35. The molecule has 10 heteroatoms. The number of fused-ring (bicyclic) bond motifs is 1. The van der Waals surface area contributed by atoms with E-state index in [0.29, 0.717) is 5.02 Å². The molecule has 0 aromatic heterocycles. The molecule has 0 bridgehead atoms. The first-order valence-corrected chi connectivity index (χ1v) is 10.5. The lowest BCUT2D eigenvalue weighted by molar-refractivity contribution is -0.119. The van der Waals surface area contributed by atoms with E-state index >= 15 is 0 Å². The van der Waals surface area contributed by atoms with Crippen molar-refractivity contribution >= 4 is 58.3 Å². The average molecular weight is 494 g/mol. The summed E-state index contributed by atoms with van der Waals surface area (Å²) in [5, 5.41) is 12.1. The second-order valence-electron chi connectivity index (χ2n) is 7.08. The van der Waals surface area contributed by atoms with Crippen molar-refractivity contribution in [1.82, 2.24) is 0 Å². The molecule has 0 aliphatic carbocycles. The molecule has 4 rings (SSSR count). The number of nitriles is 1. The molecule has 34 heavy (non-hydrogen) atoms. The van der Waals surface area contributed by atoms with Crippen molar-refractivity contribution < 1.29 is 23.9 Å². The third-order valence-electron chi connectivity index (χ3n) is 4.93. The lowest BCUT2D eigenvalue weighted by Gasteiger charge is -2.15. The zero-order chi connectivity index (χ0) is 24.4. The number of esters is 1. The Morgan fingerprint density at radius 2 is 1.71 bits per heavy atom. The van der Waals surface area contributed by atoms with E-state index in [4.69, 9.17) is 33.2 Å². The molecule has 0 fully saturated rings. The number of nitrogens with one attached hydrogen (secondary N) is 1. The summed E-state index contributed by atoms with van der Waals surface area (Å²) in [5.41, 5.74) is 0.708. The first-order valence-electron chi connectivity index (χ1n) is 9.74. The fourth-order valence-corrected chi connectivity index (χ4v) is 3.73. The molecule has 168 valence electrons. The molecule has 0 atom stereocenters. The van der Waals surface area contributed by atoms with E-state index in [1.807, 2.05) is 6.07 Å². The number of rotatable bonds is 5. The molecular weight excluding hydrogens is 481 g/mol. The zero-order valence-electron chi connectivity index (χ0n) is 17.2. The maximum Gasteiger partial charge on any atom is 0.338 e. The minimum absolute atomic E-state index is 0.0152. The molecule has 3 aromatic carbocycles. The standard InChI is InChI=1S/C24H13Cl2N3O5/c25-15-7-5-14(11-27)19(10-15)28-21(30)12-34-24(33)13-6-8-16-17(9-13)23(32)29(22(16)31)20-4-2-1-3-18(20)26/h1-10H,12H2,(H,28,30). The molecule has 3 aromatic rings. The van der Waals surface area contributed by atoms with E-state index < -0.39 is 30.3 Å². The molecular formula is C24H13Cl2N3O5. The lowest BCUT2D eigenvalue weighted by atomic mass is 10.1. The summed E-state index contributed by atoms with van der Waals surface area (Å²) in [5.74, 6) is -2.77. The van der Waals surface area contributed by atoms with Crippen LogP contribution in [0.2, 0.25) is 10.0 Å². The van der Waals surface area contributed by atoms with Gasteiger partial charge in [0.25, 0.3) is 17.7 Å². The van der Waals surface area contributed by atoms with Gasteiger partial charge >= 0.3 is 5.97 Å². The average Bonchev–Trinajstić information content (AvgIpc) is 3.07. The number of para-hydroxylation sites is 1. The Bertz CT molecular complexity index is 1410. The van der Waals surface area contributed by atoms with Gasteiger partial charge in [-0.25, -0.2) is 9.69 Å². The number of benzene rings is 3. The van der Waals surface area contributed by atoms with Gasteiger partial charge in [0.15, 0.2) is 6.61 Å². The van der Waals surface area contributed by atoms with Crippen LogP contribution in [0.3, 0.4) is 0 Å². The zero-order valence-corrected chi connectivity index (χ0v) is 18.7. The normalized spacial score (nSPS) is 12.2. The molecule has 3 amide bonds. The molecule has 0 radical (unpaired) electrons. The Hall–Kier alpha value is -4.19. The minimum atomic E-state index is -0.874. The van der Waals surface area contributed by atoms with Crippen molar-refractivity contribution in [1.29, 1.82) is 5.26 Å². The van der Waals surface area contributed by atoms with Crippen LogP contribution in [0.4, 0.5) is 11.4 Å². The van der Waals surface area contributed by atoms with Crippen LogP contribution in [0.15, 0.2) is 60.7 Å². The first-order chi connectivity index (χ1) is 16.3. The maximum absolute atomic E-state index is 12.9. The molecule has 0 spiro atoms. The summed E-state index contributed by atoms with van der Waals surface area (Å²) in [6.07, 6.45) is 0. The quantitative estimate of drug-likeness (QED) is 0.414. The molecule has 0 unspecified atom stereocenters.